The molecule has 200 valence electrons. The number of fused-ring (bicyclic) bond motifs is 1. The number of carbonyl (C=O) groups excluding carboxylic acids is 3. The third-order valence-corrected chi connectivity index (χ3v) is 10.7. The van der Waals surface area contributed by atoms with Crippen molar-refractivity contribution in [3.05, 3.63) is 49.6 Å². The number of nitrogens with zero attached hydrogens (tertiary/aromatic N) is 2. The Morgan fingerprint density at radius 2 is 2.03 bits per heavy atom. The van der Waals surface area contributed by atoms with Crippen molar-refractivity contribution in [2.24, 2.45) is 11.8 Å². The first-order valence-corrected chi connectivity index (χ1v) is 14.1. The highest BCUT2D eigenvalue weighted by Gasteiger charge is 2.76. The lowest BCUT2D eigenvalue weighted by Crippen LogP contribution is -2.57. The summed E-state index contributed by atoms with van der Waals surface area (Å²) in [6.07, 6.45) is 4.38. The lowest BCUT2D eigenvalue weighted by Gasteiger charge is -2.39. The van der Waals surface area contributed by atoms with E-state index in [0.29, 0.717) is 24.3 Å². The molecule has 0 radical (unpaired) electrons. The van der Waals surface area contributed by atoms with Gasteiger partial charge < -0.3 is 24.4 Å². The van der Waals surface area contributed by atoms with E-state index in [0.717, 1.165) is 0 Å². The maximum absolute atomic E-state index is 14.4. The molecule has 0 saturated carbocycles. The van der Waals surface area contributed by atoms with Crippen LogP contribution in [0.4, 0.5) is 5.69 Å². The summed E-state index contributed by atoms with van der Waals surface area (Å²) >= 11 is 5.27. The number of likely N-dealkylation sites (tertiary alicyclic amines) is 1. The van der Waals surface area contributed by atoms with Crippen molar-refractivity contribution < 1.29 is 29.0 Å². The number of hydrogen-bond acceptors (Lipinski definition) is 7. The number of methoxy groups -OCH3 is 1. The fourth-order valence-electron chi connectivity index (χ4n) is 5.88. The topological polar surface area (TPSA) is 96.4 Å². The number of thioether (sulfide) groups is 1. The number of rotatable bonds is 11. The summed E-state index contributed by atoms with van der Waals surface area (Å²) in [5.41, 5.74) is 0.642. The van der Waals surface area contributed by atoms with E-state index in [9.17, 15) is 19.5 Å². The molecule has 37 heavy (non-hydrogen) atoms. The van der Waals surface area contributed by atoms with Gasteiger partial charge in [0.05, 0.1) is 42.9 Å². The number of hydrogen-bond donors (Lipinski definition) is 1. The van der Waals surface area contributed by atoms with Crippen LogP contribution < -0.4 is 9.64 Å². The van der Waals surface area contributed by atoms with Crippen molar-refractivity contribution >= 4 is 51.2 Å². The summed E-state index contributed by atoms with van der Waals surface area (Å²) in [6, 6.07) is 5.65. The van der Waals surface area contributed by atoms with Crippen LogP contribution in [0.25, 0.3) is 0 Å². The molecule has 1 N–H and O–H groups in total. The Bertz CT molecular complexity index is 1070. The van der Waals surface area contributed by atoms with Gasteiger partial charge in [-0.25, -0.2) is 0 Å². The molecule has 3 fully saturated rings. The average molecular weight is 594 g/mol. The van der Waals surface area contributed by atoms with Gasteiger partial charge in [-0.05, 0) is 44.0 Å². The summed E-state index contributed by atoms with van der Waals surface area (Å²) in [7, 11) is 1.57. The predicted octanol–water partition coefficient (Wildman–Crippen LogP) is 3.18. The molecule has 2 amide bonds. The van der Waals surface area contributed by atoms with Gasteiger partial charge in [0.15, 0.2) is 0 Å². The minimum Gasteiger partial charge on any atom is -0.497 e. The van der Waals surface area contributed by atoms with Crippen LogP contribution in [0.1, 0.15) is 19.8 Å². The van der Waals surface area contributed by atoms with Gasteiger partial charge in [-0.3, -0.25) is 14.4 Å². The first-order valence-electron chi connectivity index (χ1n) is 12.3. The van der Waals surface area contributed by atoms with Crippen molar-refractivity contribution in [1.29, 1.82) is 0 Å². The molecule has 7 atom stereocenters. The minimum atomic E-state index is -0.866. The number of alkyl halides is 1. The van der Waals surface area contributed by atoms with Crippen LogP contribution in [-0.2, 0) is 19.1 Å². The molecule has 1 aromatic rings. The smallest absolute Gasteiger partial charge is 0.310 e. The second kappa shape index (κ2) is 11.2. The molecule has 3 aliphatic heterocycles. The summed E-state index contributed by atoms with van der Waals surface area (Å²) in [5, 5.41) is 9.87. The normalized spacial score (nSPS) is 30.5. The molecule has 0 aliphatic carbocycles. The van der Waals surface area contributed by atoms with Crippen molar-refractivity contribution in [2.45, 2.75) is 46.7 Å². The molecule has 3 aliphatic rings. The molecule has 10 heteroatoms. The van der Waals surface area contributed by atoms with E-state index < -0.39 is 34.6 Å². The summed E-state index contributed by atoms with van der Waals surface area (Å²) in [5.74, 6) is -1.71. The highest BCUT2D eigenvalue weighted by Crippen LogP contribution is 2.68. The Hall–Kier alpha value is -2.30. The van der Waals surface area contributed by atoms with Crippen molar-refractivity contribution in [2.75, 3.05) is 31.8 Å². The number of amides is 2. The van der Waals surface area contributed by atoms with Crippen molar-refractivity contribution in [1.82, 2.24) is 4.90 Å². The molecular formula is C27H33BrN2O6S. The van der Waals surface area contributed by atoms with E-state index in [1.807, 2.05) is 0 Å². The number of anilines is 1. The lowest BCUT2D eigenvalue weighted by atomic mass is 9.71. The fourth-order valence-corrected chi connectivity index (χ4v) is 9.46. The lowest BCUT2D eigenvalue weighted by molar-refractivity contribution is -0.154. The highest BCUT2D eigenvalue weighted by molar-refractivity contribution is 9.09. The number of benzene rings is 1. The maximum atomic E-state index is 14.4. The van der Waals surface area contributed by atoms with E-state index in [1.54, 1.807) is 55.4 Å². The van der Waals surface area contributed by atoms with Gasteiger partial charge in [-0.15, -0.1) is 24.9 Å². The van der Waals surface area contributed by atoms with Crippen LogP contribution in [0.3, 0.4) is 0 Å². The van der Waals surface area contributed by atoms with Gasteiger partial charge in [0.1, 0.15) is 11.8 Å². The SMILES string of the molecule is C=CCCOC(=O)[C@H]1[C@@H]2SC3(CC2Br)C(C(=O)N(CC=C)c2ccc(OC)cc2)N([C@H](C)CO)C(=O)[C@H]13. The number of esters is 1. The van der Waals surface area contributed by atoms with Crippen molar-refractivity contribution in [3.8, 4) is 5.75 Å². The minimum absolute atomic E-state index is 0.0629. The standard InChI is InChI=1S/C27H33BrN2O6S/c1-5-7-13-36-26(34)20-21-24(32)30(16(3)15-31)23(27(21)14-19(28)22(20)37-27)25(33)29(12-6-2)17-8-10-18(35-4)11-9-17/h5-6,8-11,16,19-23,31H,1-2,7,12-15H2,3-4H3/t16-,19?,20-,21+,22-,23?,27?/m1/s1. The van der Waals surface area contributed by atoms with E-state index in [-0.39, 0.29) is 41.6 Å². The van der Waals surface area contributed by atoms with Gasteiger partial charge in [-0.1, -0.05) is 28.1 Å². The molecule has 0 aromatic heterocycles. The summed E-state index contributed by atoms with van der Waals surface area (Å²) < 4.78 is 9.96. The third-order valence-electron chi connectivity index (χ3n) is 7.50. The largest absolute Gasteiger partial charge is 0.497 e. The number of carbonyl (C=O) groups is 3. The van der Waals surface area contributed by atoms with Crippen LogP contribution >= 0.6 is 27.7 Å². The van der Waals surface area contributed by atoms with Crippen LogP contribution in [-0.4, -0.2) is 81.6 Å². The monoisotopic (exact) mass is 592 g/mol. The molecule has 8 nitrogen and oxygen atoms in total. The Labute approximate surface area is 230 Å². The molecule has 3 heterocycles. The van der Waals surface area contributed by atoms with Gasteiger partial charge in [0, 0.05) is 22.3 Å². The summed E-state index contributed by atoms with van der Waals surface area (Å²) in [6.45, 7) is 9.34. The van der Waals surface area contributed by atoms with Crippen LogP contribution in [0.2, 0.25) is 0 Å². The Balaban J connectivity index is 1.76. The van der Waals surface area contributed by atoms with Gasteiger partial charge >= 0.3 is 5.97 Å². The quantitative estimate of drug-likeness (QED) is 0.182. The molecule has 1 spiro atoms. The predicted molar refractivity (Wildman–Crippen MR) is 147 cm³/mol. The zero-order chi connectivity index (χ0) is 26.9. The maximum Gasteiger partial charge on any atom is 0.310 e. The fraction of sp³-hybridized carbons (Fsp3) is 0.519. The zero-order valence-electron chi connectivity index (χ0n) is 21.0. The van der Waals surface area contributed by atoms with Crippen molar-refractivity contribution in [3.63, 3.8) is 0 Å². The van der Waals surface area contributed by atoms with Crippen LogP contribution in [0.5, 0.6) is 5.75 Å². The van der Waals surface area contributed by atoms with Gasteiger partial charge in [0.25, 0.3) is 5.91 Å². The number of ether oxygens (including phenoxy) is 2. The van der Waals surface area contributed by atoms with Crippen LogP contribution in [0.15, 0.2) is 49.6 Å². The zero-order valence-corrected chi connectivity index (χ0v) is 23.4. The second-order valence-electron chi connectivity index (χ2n) is 9.62. The Morgan fingerprint density at radius 1 is 1.32 bits per heavy atom. The molecule has 4 rings (SSSR count). The third kappa shape index (κ3) is 4.61. The Morgan fingerprint density at radius 3 is 2.62 bits per heavy atom. The van der Waals surface area contributed by atoms with E-state index in [4.69, 9.17) is 9.47 Å². The average Bonchev–Trinajstić information content (AvgIpc) is 3.50. The molecule has 3 unspecified atom stereocenters. The molecule has 1 aromatic carbocycles. The number of halogens is 1. The first-order chi connectivity index (χ1) is 17.7. The second-order valence-corrected chi connectivity index (χ2v) is 12.3. The number of aliphatic hydroxyl groups excluding tert-OH is 1. The van der Waals surface area contributed by atoms with E-state index in [1.165, 1.54) is 16.7 Å². The molecule has 3 saturated heterocycles. The number of aliphatic hydroxyl groups is 1. The van der Waals surface area contributed by atoms with E-state index >= 15 is 0 Å². The molecular weight excluding hydrogens is 560 g/mol. The van der Waals surface area contributed by atoms with Crippen LogP contribution in [0, 0.1) is 11.8 Å². The highest BCUT2D eigenvalue weighted by atomic mass is 79.9. The first kappa shape index (κ1) is 27.7. The van der Waals surface area contributed by atoms with Gasteiger partial charge in [-0.2, -0.15) is 0 Å². The summed E-state index contributed by atoms with van der Waals surface area (Å²) in [4.78, 5) is 44.7. The molecule has 2 bridgehead atoms. The Kier molecular flexibility index (Phi) is 8.40. The van der Waals surface area contributed by atoms with Gasteiger partial charge in [0.2, 0.25) is 5.91 Å². The van der Waals surface area contributed by atoms with E-state index in [2.05, 4.69) is 29.1 Å².